The average molecular weight is 841 g/mol. The summed E-state index contributed by atoms with van der Waals surface area (Å²) in [5.74, 6) is -5.77. The van der Waals surface area contributed by atoms with Gasteiger partial charge in [-0.2, -0.15) is 0 Å². The molecule has 0 aromatic heterocycles. The van der Waals surface area contributed by atoms with Crippen LogP contribution in [0.2, 0.25) is 0 Å². The fourth-order valence-electron chi connectivity index (χ4n) is 6.01. The lowest BCUT2D eigenvalue weighted by molar-refractivity contribution is -0.383. The maximum Gasteiger partial charge on any atom is 0.331 e. The number of rotatable bonds is 16. The van der Waals surface area contributed by atoms with Gasteiger partial charge in [-0.3, -0.25) is 0 Å². The molecule has 0 amide bonds. The Labute approximate surface area is 342 Å². The van der Waals surface area contributed by atoms with Crippen LogP contribution in [0.25, 0.3) is 18.2 Å². The van der Waals surface area contributed by atoms with Crippen molar-refractivity contribution in [3.05, 3.63) is 95.6 Å². The lowest BCUT2D eigenvalue weighted by atomic mass is 9.99. The number of esters is 3. The van der Waals surface area contributed by atoms with Crippen molar-refractivity contribution in [1.82, 2.24) is 0 Å². The van der Waals surface area contributed by atoms with Crippen LogP contribution in [0.3, 0.4) is 0 Å². The van der Waals surface area contributed by atoms with Crippen LogP contribution in [-0.2, 0) is 42.8 Å². The van der Waals surface area contributed by atoms with Crippen molar-refractivity contribution in [2.75, 3.05) is 34.0 Å². The summed E-state index contributed by atoms with van der Waals surface area (Å²) in [6.07, 6.45) is -7.87. The van der Waals surface area contributed by atoms with Crippen LogP contribution >= 0.6 is 0 Å². The van der Waals surface area contributed by atoms with Gasteiger partial charge in [-0.15, -0.1) is 0 Å². The van der Waals surface area contributed by atoms with E-state index >= 15 is 0 Å². The Morgan fingerprint density at radius 2 is 1.22 bits per heavy atom. The Hall–Kier alpha value is -6.03. The van der Waals surface area contributed by atoms with Gasteiger partial charge in [-0.25, -0.2) is 14.4 Å². The highest BCUT2D eigenvalue weighted by molar-refractivity contribution is 5.88. The van der Waals surface area contributed by atoms with E-state index in [1.54, 1.807) is 0 Å². The lowest BCUT2D eigenvalue weighted by Crippen LogP contribution is -2.63. The molecule has 9 unspecified atom stereocenters. The standard InChI is InChI=1S/C41H44O19/c1-53-28-17-23(5-12-26(28)44)8-14-32(46)55-20-31-38(58-34(48)16-7-22-3-10-25(43)11-4-22)39(52)41(59-31,60-40-37(51)36(50)35(49)30(19-42)57-40)21-56-33(47)15-9-24-6-13-27(45)29(18-24)54-2/h3-18,30-31,35-40,42-45,49-52H,19-21H2,1-2H3. The molecule has 0 aliphatic carbocycles. The van der Waals surface area contributed by atoms with Gasteiger partial charge in [0.2, 0.25) is 5.79 Å². The van der Waals surface area contributed by atoms with Gasteiger partial charge >= 0.3 is 17.9 Å². The third-order valence-electron chi connectivity index (χ3n) is 9.24. The number of carbonyl (C=O) groups excluding carboxylic acids is 3. The van der Waals surface area contributed by atoms with Gasteiger partial charge in [0.15, 0.2) is 41.5 Å². The molecule has 3 aromatic carbocycles. The first-order chi connectivity index (χ1) is 28.7. The van der Waals surface area contributed by atoms with Gasteiger partial charge in [-0.1, -0.05) is 24.3 Å². The summed E-state index contributed by atoms with van der Waals surface area (Å²) >= 11 is 0. The molecule has 0 radical (unpaired) electrons. The zero-order chi connectivity index (χ0) is 43.6. The first-order valence-electron chi connectivity index (χ1n) is 18.1. The molecule has 2 aliphatic heterocycles. The van der Waals surface area contributed by atoms with E-state index < -0.39 is 92.5 Å². The molecule has 322 valence electrons. The van der Waals surface area contributed by atoms with Crippen molar-refractivity contribution in [2.24, 2.45) is 0 Å². The second-order valence-corrected chi connectivity index (χ2v) is 13.3. The summed E-state index contributed by atoms with van der Waals surface area (Å²) in [6, 6.07) is 14.2. The smallest absolute Gasteiger partial charge is 0.331 e. The maximum absolute atomic E-state index is 13.2. The summed E-state index contributed by atoms with van der Waals surface area (Å²) in [7, 11) is 2.67. The van der Waals surface area contributed by atoms with Crippen LogP contribution in [-0.4, -0.2) is 148 Å². The second kappa shape index (κ2) is 20.3. The van der Waals surface area contributed by atoms with Crippen LogP contribution < -0.4 is 9.47 Å². The first kappa shape index (κ1) is 45.1. The van der Waals surface area contributed by atoms with E-state index in [4.69, 9.17) is 37.9 Å². The van der Waals surface area contributed by atoms with Crippen molar-refractivity contribution in [3.63, 3.8) is 0 Å². The van der Waals surface area contributed by atoms with Gasteiger partial charge in [0, 0.05) is 18.2 Å². The molecule has 8 N–H and O–H groups in total. The number of benzene rings is 3. The highest BCUT2D eigenvalue weighted by Gasteiger charge is 2.61. The molecule has 0 spiro atoms. The lowest BCUT2D eigenvalue weighted by Gasteiger charge is -2.43. The summed E-state index contributed by atoms with van der Waals surface area (Å²) in [5, 5.41) is 82.7. The summed E-state index contributed by atoms with van der Waals surface area (Å²) in [5.41, 5.74) is 1.31. The number of methoxy groups -OCH3 is 2. The Morgan fingerprint density at radius 3 is 1.78 bits per heavy atom. The molecule has 19 heteroatoms. The summed E-state index contributed by atoms with van der Waals surface area (Å²) in [4.78, 5) is 39.2. The van der Waals surface area contributed by atoms with Crippen molar-refractivity contribution in [3.8, 4) is 28.7 Å². The van der Waals surface area contributed by atoms with Crippen molar-refractivity contribution in [1.29, 1.82) is 0 Å². The number of hydrogen-bond acceptors (Lipinski definition) is 19. The van der Waals surface area contributed by atoms with E-state index in [2.05, 4.69) is 0 Å². The van der Waals surface area contributed by atoms with Crippen LogP contribution in [0.15, 0.2) is 78.9 Å². The molecule has 19 nitrogen and oxygen atoms in total. The van der Waals surface area contributed by atoms with Crippen molar-refractivity contribution in [2.45, 2.75) is 54.8 Å². The molecular weight excluding hydrogens is 796 g/mol. The van der Waals surface area contributed by atoms with Gasteiger partial charge in [0.1, 0.15) is 49.5 Å². The van der Waals surface area contributed by atoms with E-state index in [0.29, 0.717) is 16.7 Å². The zero-order valence-corrected chi connectivity index (χ0v) is 32.0. The first-order valence-corrected chi connectivity index (χ1v) is 18.1. The van der Waals surface area contributed by atoms with Crippen molar-refractivity contribution >= 4 is 36.1 Å². The molecule has 2 heterocycles. The molecule has 0 bridgehead atoms. The van der Waals surface area contributed by atoms with E-state index in [-0.39, 0.29) is 28.7 Å². The predicted octanol–water partition coefficient (Wildman–Crippen LogP) is 0.531. The van der Waals surface area contributed by atoms with E-state index in [9.17, 15) is 55.2 Å². The molecule has 5 rings (SSSR count). The highest BCUT2D eigenvalue weighted by Crippen LogP contribution is 2.39. The van der Waals surface area contributed by atoms with Gasteiger partial charge in [-0.05, 0) is 71.3 Å². The monoisotopic (exact) mass is 840 g/mol. The van der Waals surface area contributed by atoms with Crippen LogP contribution in [0.5, 0.6) is 28.7 Å². The molecule has 2 fully saturated rings. The molecule has 2 saturated heterocycles. The SMILES string of the molecule is COc1cc(C=CC(=O)OCC2OC(COC(=O)C=Cc3ccc(O)c(OC)c3)(OC3OC(CO)C(O)C(O)C3O)C(O)C2OC(=O)C=Cc2ccc(O)cc2)ccc1O. The van der Waals surface area contributed by atoms with Gasteiger partial charge in [0.25, 0.3) is 0 Å². The number of ether oxygens (including phenoxy) is 8. The molecule has 9 atom stereocenters. The Morgan fingerprint density at radius 1 is 0.683 bits per heavy atom. The van der Waals surface area contributed by atoms with Gasteiger partial charge < -0.3 is 78.7 Å². The van der Waals surface area contributed by atoms with Crippen LogP contribution in [0.1, 0.15) is 16.7 Å². The van der Waals surface area contributed by atoms with E-state index in [1.165, 1.54) is 93.1 Å². The number of carbonyl (C=O) groups is 3. The Kier molecular flexibility index (Phi) is 15.2. The zero-order valence-electron chi connectivity index (χ0n) is 32.0. The number of hydrogen-bond donors (Lipinski definition) is 8. The summed E-state index contributed by atoms with van der Waals surface area (Å²) in [6.45, 7) is -2.63. The Bertz CT molecular complexity index is 2050. The molecular formula is C41H44O19. The number of phenols is 3. The van der Waals surface area contributed by atoms with Gasteiger partial charge in [0.05, 0.1) is 20.8 Å². The minimum absolute atomic E-state index is 0.0245. The number of aliphatic hydroxyl groups excluding tert-OH is 5. The van der Waals surface area contributed by atoms with E-state index in [0.717, 1.165) is 18.2 Å². The number of aromatic hydroxyl groups is 3. The number of aliphatic hydroxyl groups is 5. The summed E-state index contributed by atoms with van der Waals surface area (Å²) < 4.78 is 43.9. The van der Waals surface area contributed by atoms with E-state index in [1.807, 2.05) is 0 Å². The van der Waals surface area contributed by atoms with Crippen LogP contribution in [0, 0.1) is 0 Å². The largest absolute Gasteiger partial charge is 0.508 e. The fraction of sp³-hybridized carbons (Fsp3) is 0.341. The quantitative estimate of drug-likeness (QED) is 0.0555. The van der Waals surface area contributed by atoms with Crippen LogP contribution in [0.4, 0.5) is 0 Å². The second-order valence-electron chi connectivity index (χ2n) is 13.3. The van der Waals surface area contributed by atoms with Crippen molar-refractivity contribution < 1.29 is 93.1 Å². The third-order valence-corrected chi connectivity index (χ3v) is 9.24. The fourth-order valence-corrected chi connectivity index (χ4v) is 6.01. The maximum atomic E-state index is 13.2. The minimum Gasteiger partial charge on any atom is -0.508 e. The number of phenolic OH excluding ortho intramolecular Hbond substituents is 3. The predicted molar refractivity (Wildman–Crippen MR) is 205 cm³/mol. The average Bonchev–Trinajstić information content (AvgIpc) is 3.49. The molecule has 60 heavy (non-hydrogen) atoms. The molecule has 0 saturated carbocycles. The third kappa shape index (κ3) is 11.2. The molecule has 3 aromatic rings. The topological polar surface area (TPSA) is 287 Å². The molecule has 2 aliphatic rings. The minimum atomic E-state index is -2.64. The normalized spacial score (nSPS) is 26.6. The highest BCUT2D eigenvalue weighted by atomic mass is 16.8. The Balaban J connectivity index is 1.43.